The summed E-state index contributed by atoms with van der Waals surface area (Å²) < 4.78 is 13.3. The zero-order valence-corrected chi connectivity index (χ0v) is 10.5. The molecule has 2 aromatic rings. The Morgan fingerprint density at radius 1 is 1.11 bits per heavy atom. The molecule has 4 nitrogen and oxygen atoms in total. The van der Waals surface area contributed by atoms with Gasteiger partial charge in [0.15, 0.2) is 0 Å². The lowest BCUT2D eigenvalue weighted by Crippen LogP contribution is -2.20. The molecule has 0 saturated heterocycles. The number of urea groups is 1. The summed E-state index contributed by atoms with van der Waals surface area (Å²) in [5.74, 6) is -0.517. The molecule has 0 unspecified atom stereocenters. The van der Waals surface area contributed by atoms with E-state index in [2.05, 4.69) is 10.6 Å². The van der Waals surface area contributed by atoms with Crippen molar-refractivity contribution in [2.75, 3.05) is 16.4 Å². The molecule has 0 fully saturated rings. The third-order valence-corrected chi connectivity index (χ3v) is 2.62. The minimum atomic E-state index is -0.598. The third-order valence-electron chi connectivity index (χ3n) is 2.39. The lowest BCUT2D eigenvalue weighted by molar-refractivity contribution is 0.262. The first-order chi connectivity index (χ1) is 9.06. The van der Waals surface area contributed by atoms with E-state index >= 15 is 0 Å². The van der Waals surface area contributed by atoms with Crippen LogP contribution in [0.15, 0.2) is 42.5 Å². The minimum Gasteiger partial charge on any atom is -0.397 e. The Morgan fingerprint density at radius 3 is 2.53 bits per heavy atom. The van der Waals surface area contributed by atoms with Crippen LogP contribution in [0.3, 0.4) is 0 Å². The van der Waals surface area contributed by atoms with Crippen molar-refractivity contribution in [3.63, 3.8) is 0 Å². The molecular weight excluding hydrogens is 269 g/mol. The molecule has 4 N–H and O–H groups in total. The Balaban J connectivity index is 2.10. The van der Waals surface area contributed by atoms with Gasteiger partial charge < -0.3 is 16.4 Å². The number of carbonyl (C=O) groups excluding carboxylic acids is 1. The van der Waals surface area contributed by atoms with E-state index in [1.54, 1.807) is 18.2 Å². The van der Waals surface area contributed by atoms with E-state index in [0.29, 0.717) is 16.4 Å². The summed E-state index contributed by atoms with van der Waals surface area (Å²) in [5.41, 5.74) is 6.50. The van der Waals surface area contributed by atoms with Crippen molar-refractivity contribution in [2.45, 2.75) is 0 Å². The highest BCUT2D eigenvalue weighted by molar-refractivity contribution is 6.31. The fraction of sp³-hybridized carbons (Fsp3) is 0. The Morgan fingerprint density at radius 2 is 1.79 bits per heavy atom. The molecule has 0 aliphatic heterocycles. The van der Waals surface area contributed by atoms with E-state index in [1.807, 2.05) is 0 Å². The summed E-state index contributed by atoms with van der Waals surface area (Å²) in [6.45, 7) is 0. The van der Waals surface area contributed by atoms with Crippen molar-refractivity contribution < 1.29 is 9.18 Å². The van der Waals surface area contributed by atoms with Crippen LogP contribution in [0.2, 0.25) is 5.02 Å². The van der Waals surface area contributed by atoms with Crippen LogP contribution in [0.5, 0.6) is 0 Å². The van der Waals surface area contributed by atoms with Gasteiger partial charge in [-0.25, -0.2) is 9.18 Å². The molecule has 0 spiro atoms. The molecule has 0 saturated carbocycles. The van der Waals surface area contributed by atoms with Gasteiger partial charge in [-0.3, -0.25) is 0 Å². The number of rotatable bonds is 2. The van der Waals surface area contributed by atoms with Gasteiger partial charge in [0, 0.05) is 5.02 Å². The average Bonchev–Trinajstić information content (AvgIpc) is 2.37. The number of nitrogens with one attached hydrogen (secondary N) is 2. The minimum absolute atomic E-state index is 0.0839. The van der Waals surface area contributed by atoms with E-state index in [9.17, 15) is 9.18 Å². The SMILES string of the molecule is Nc1ccc(Cl)cc1NC(=O)Nc1ccccc1F. The molecule has 0 atom stereocenters. The summed E-state index contributed by atoms with van der Waals surface area (Å²) in [5, 5.41) is 5.32. The van der Waals surface area contributed by atoms with E-state index in [1.165, 1.54) is 24.3 Å². The molecule has 98 valence electrons. The summed E-state index contributed by atoms with van der Waals surface area (Å²) >= 11 is 5.80. The molecule has 6 heteroatoms. The maximum atomic E-state index is 13.3. The van der Waals surface area contributed by atoms with Gasteiger partial charge in [-0.2, -0.15) is 0 Å². The summed E-state index contributed by atoms with van der Waals surface area (Å²) in [7, 11) is 0. The normalized spacial score (nSPS) is 10.0. The van der Waals surface area contributed by atoms with Gasteiger partial charge in [-0.1, -0.05) is 23.7 Å². The van der Waals surface area contributed by atoms with E-state index in [0.717, 1.165) is 0 Å². The quantitative estimate of drug-likeness (QED) is 0.734. The highest BCUT2D eigenvalue weighted by Crippen LogP contribution is 2.23. The van der Waals surface area contributed by atoms with Gasteiger partial charge in [0.25, 0.3) is 0 Å². The lowest BCUT2D eigenvalue weighted by Gasteiger charge is -2.10. The number of nitrogens with two attached hydrogens (primary N) is 1. The van der Waals surface area contributed by atoms with Crippen LogP contribution in [-0.2, 0) is 0 Å². The van der Waals surface area contributed by atoms with Crippen molar-refractivity contribution in [3.05, 3.63) is 53.3 Å². The van der Waals surface area contributed by atoms with Gasteiger partial charge in [-0.15, -0.1) is 0 Å². The van der Waals surface area contributed by atoms with Gasteiger partial charge in [-0.05, 0) is 30.3 Å². The number of carbonyl (C=O) groups is 1. The molecular formula is C13H11ClFN3O. The number of para-hydroxylation sites is 1. The van der Waals surface area contributed by atoms with E-state index in [-0.39, 0.29) is 5.69 Å². The zero-order chi connectivity index (χ0) is 13.8. The topological polar surface area (TPSA) is 67.1 Å². The Bertz CT molecular complexity index is 619. The van der Waals surface area contributed by atoms with Crippen molar-refractivity contribution >= 4 is 34.7 Å². The van der Waals surface area contributed by atoms with Gasteiger partial charge in [0.05, 0.1) is 17.1 Å². The number of hydrogen-bond donors (Lipinski definition) is 3. The predicted octanol–water partition coefficient (Wildman–Crippen LogP) is 3.71. The van der Waals surface area contributed by atoms with Crippen LogP contribution in [0, 0.1) is 5.82 Å². The van der Waals surface area contributed by atoms with Crippen molar-refractivity contribution in [1.82, 2.24) is 0 Å². The smallest absolute Gasteiger partial charge is 0.323 e. The molecule has 2 amide bonds. The van der Waals surface area contributed by atoms with Gasteiger partial charge in [0.1, 0.15) is 5.82 Å². The number of anilines is 3. The standard InChI is InChI=1S/C13H11ClFN3O/c14-8-5-6-10(16)12(7-8)18-13(19)17-11-4-2-1-3-9(11)15/h1-7H,16H2,(H2,17,18,19). The number of hydrogen-bond acceptors (Lipinski definition) is 2. The van der Waals surface area contributed by atoms with Gasteiger partial charge in [0.2, 0.25) is 0 Å². The molecule has 0 aromatic heterocycles. The van der Waals surface area contributed by atoms with Crippen molar-refractivity contribution in [3.8, 4) is 0 Å². The molecule has 19 heavy (non-hydrogen) atoms. The summed E-state index contributed by atoms with van der Waals surface area (Å²) in [6, 6.07) is 9.95. The molecule has 0 aliphatic carbocycles. The monoisotopic (exact) mass is 279 g/mol. The first-order valence-corrected chi connectivity index (χ1v) is 5.81. The first-order valence-electron chi connectivity index (χ1n) is 5.44. The molecule has 0 heterocycles. The average molecular weight is 280 g/mol. The highest BCUT2D eigenvalue weighted by atomic mass is 35.5. The highest BCUT2D eigenvalue weighted by Gasteiger charge is 2.08. The first kappa shape index (κ1) is 13.2. The second-order valence-corrected chi connectivity index (χ2v) is 4.23. The lowest BCUT2D eigenvalue weighted by atomic mass is 10.2. The second kappa shape index (κ2) is 5.58. The Hall–Kier alpha value is -2.27. The fourth-order valence-corrected chi connectivity index (χ4v) is 1.65. The maximum Gasteiger partial charge on any atom is 0.323 e. The van der Waals surface area contributed by atoms with Gasteiger partial charge >= 0.3 is 6.03 Å². The van der Waals surface area contributed by atoms with E-state index in [4.69, 9.17) is 17.3 Å². The number of nitrogen functional groups attached to an aromatic ring is 1. The molecule has 2 rings (SSSR count). The third kappa shape index (κ3) is 3.35. The van der Waals surface area contributed by atoms with Crippen LogP contribution in [-0.4, -0.2) is 6.03 Å². The molecule has 0 bridgehead atoms. The number of benzene rings is 2. The largest absolute Gasteiger partial charge is 0.397 e. The van der Waals surface area contributed by atoms with Crippen molar-refractivity contribution in [2.24, 2.45) is 0 Å². The maximum absolute atomic E-state index is 13.3. The summed E-state index contributed by atoms with van der Waals surface area (Å²) in [6.07, 6.45) is 0. The summed E-state index contributed by atoms with van der Waals surface area (Å²) in [4.78, 5) is 11.7. The fourth-order valence-electron chi connectivity index (χ4n) is 1.48. The molecule has 2 aromatic carbocycles. The Labute approximate surface area is 114 Å². The van der Waals surface area contributed by atoms with Crippen LogP contribution in [0.25, 0.3) is 0 Å². The van der Waals surface area contributed by atoms with Crippen molar-refractivity contribution in [1.29, 1.82) is 0 Å². The number of halogens is 2. The van der Waals surface area contributed by atoms with Crippen LogP contribution >= 0.6 is 11.6 Å². The van der Waals surface area contributed by atoms with Crippen LogP contribution < -0.4 is 16.4 Å². The zero-order valence-electron chi connectivity index (χ0n) is 9.78. The Kier molecular flexibility index (Phi) is 3.87. The van der Waals surface area contributed by atoms with E-state index < -0.39 is 11.8 Å². The number of amides is 2. The van der Waals surface area contributed by atoms with Crippen LogP contribution in [0.1, 0.15) is 0 Å². The molecule has 0 radical (unpaired) electrons. The van der Waals surface area contributed by atoms with Crippen LogP contribution in [0.4, 0.5) is 26.2 Å². The second-order valence-electron chi connectivity index (χ2n) is 3.79. The molecule has 0 aliphatic rings. The predicted molar refractivity (Wildman–Crippen MR) is 74.9 cm³/mol.